The van der Waals surface area contributed by atoms with Crippen LogP contribution in [0.25, 0.3) is 0 Å². The normalized spacial score (nSPS) is 17.0. The number of nitrogens with two attached hydrogens (primary N) is 1. The van der Waals surface area contributed by atoms with E-state index in [-0.39, 0.29) is 6.09 Å². The number of carbonyl (C=O) groups is 1. The summed E-state index contributed by atoms with van der Waals surface area (Å²) in [6, 6.07) is 5.90. The van der Waals surface area contributed by atoms with E-state index in [4.69, 9.17) is 10.5 Å². The maximum Gasteiger partial charge on any atom is 0.410 e. The number of amides is 1. The first kappa shape index (κ1) is 18.1. The fraction of sp³-hybridized carbons (Fsp3) is 0.588. The van der Waals surface area contributed by atoms with E-state index in [1.54, 1.807) is 0 Å². The van der Waals surface area contributed by atoms with Crippen LogP contribution in [0.5, 0.6) is 0 Å². The molecule has 1 aliphatic heterocycles. The number of nitrogen functional groups attached to an aromatic ring is 1. The average Bonchev–Trinajstić information content (AvgIpc) is 2.66. The number of carbonyl (C=O) groups excluding carboxylic acids is 1. The van der Waals surface area contributed by atoms with Gasteiger partial charge in [-0.1, -0.05) is 22.0 Å². The van der Waals surface area contributed by atoms with Crippen LogP contribution < -0.4 is 5.73 Å². The Morgan fingerprint density at radius 1 is 1.26 bits per heavy atom. The molecule has 1 saturated heterocycles. The van der Waals surface area contributed by atoms with Gasteiger partial charge in [0, 0.05) is 42.9 Å². The van der Waals surface area contributed by atoms with Crippen LogP contribution in [0.2, 0.25) is 0 Å². The van der Waals surface area contributed by atoms with Gasteiger partial charge in [-0.3, -0.25) is 4.90 Å². The number of halogens is 1. The van der Waals surface area contributed by atoms with Gasteiger partial charge in [-0.25, -0.2) is 4.79 Å². The lowest BCUT2D eigenvalue weighted by Gasteiger charge is -2.26. The lowest BCUT2D eigenvalue weighted by atomic mass is 10.2. The van der Waals surface area contributed by atoms with Gasteiger partial charge in [0.2, 0.25) is 0 Å². The zero-order chi connectivity index (χ0) is 17.0. The summed E-state index contributed by atoms with van der Waals surface area (Å²) in [7, 11) is 0. The van der Waals surface area contributed by atoms with Crippen molar-refractivity contribution in [1.82, 2.24) is 9.80 Å². The van der Waals surface area contributed by atoms with Gasteiger partial charge >= 0.3 is 6.09 Å². The molecule has 1 fully saturated rings. The van der Waals surface area contributed by atoms with Crippen molar-refractivity contribution in [3.05, 3.63) is 28.2 Å². The van der Waals surface area contributed by atoms with E-state index in [0.717, 1.165) is 42.8 Å². The van der Waals surface area contributed by atoms with Crippen molar-refractivity contribution in [2.45, 2.75) is 39.3 Å². The molecule has 1 aliphatic rings. The minimum atomic E-state index is -0.447. The Morgan fingerprint density at radius 3 is 2.65 bits per heavy atom. The number of rotatable bonds is 2. The molecule has 0 radical (unpaired) electrons. The minimum Gasteiger partial charge on any atom is -0.444 e. The number of nitrogens with zero attached hydrogens (tertiary/aromatic N) is 2. The molecule has 1 heterocycles. The summed E-state index contributed by atoms with van der Waals surface area (Å²) in [4.78, 5) is 16.4. The molecule has 0 atom stereocenters. The molecular formula is C17H26BrN3O2. The van der Waals surface area contributed by atoms with Crippen LogP contribution in [0.3, 0.4) is 0 Å². The fourth-order valence-electron chi connectivity index (χ4n) is 2.57. The maximum absolute atomic E-state index is 12.2. The second kappa shape index (κ2) is 7.53. The van der Waals surface area contributed by atoms with E-state index in [1.165, 1.54) is 5.56 Å². The van der Waals surface area contributed by atoms with E-state index in [2.05, 4.69) is 26.9 Å². The molecule has 128 valence electrons. The summed E-state index contributed by atoms with van der Waals surface area (Å²) in [5.41, 5.74) is 7.31. The van der Waals surface area contributed by atoms with E-state index >= 15 is 0 Å². The smallest absolute Gasteiger partial charge is 0.410 e. The predicted octanol–water partition coefficient (Wildman–Crippen LogP) is 3.47. The molecule has 0 aliphatic carbocycles. The topological polar surface area (TPSA) is 58.8 Å². The van der Waals surface area contributed by atoms with Crippen molar-refractivity contribution in [3.63, 3.8) is 0 Å². The van der Waals surface area contributed by atoms with Crippen molar-refractivity contribution >= 4 is 27.7 Å². The third kappa shape index (κ3) is 5.70. The van der Waals surface area contributed by atoms with Gasteiger partial charge in [0.25, 0.3) is 0 Å². The molecule has 1 amide bonds. The second-order valence-electron chi connectivity index (χ2n) is 6.95. The molecule has 0 unspecified atom stereocenters. The van der Waals surface area contributed by atoms with Crippen LogP contribution >= 0.6 is 15.9 Å². The molecule has 2 rings (SSSR count). The highest BCUT2D eigenvalue weighted by Crippen LogP contribution is 2.22. The molecule has 2 N–H and O–H groups in total. The van der Waals surface area contributed by atoms with Gasteiger partial charge in [-0.15, -0.1) is 0 Å². The summed E-state index contributed by atoms with van der Waals surface area (Å²) in [5, 5.41) is 0. The Morgan fingerprint density at radius 2 is 2.00 bits per heavy atom. The molecule has 0 aromatic heterocycles. The van der Waals surface area contributed by atoms with Crippen LogP contribution in [0, 0.1) is 0 Å². The highest BCUT2D eigenvalue weighted by atomic mass is 79.9. The first-order chi connectivity index (χ1) is 10.7. The Labute approximate surface area is 146 Å². The van der Waals surface area contributed by atoms with Gasteiger partial charge in [-0.2, -0.15) is 0 Å². The number of hydrogen-bond acceptors (Lipinski definition) is 4. The van der Waals surface area contributed by atoms with Crippen molar-refractivity contribution in [1.29, 1.82) is 0 Å². The van der Waals surface area contributed by atoms with Gasteiger partial charge in [0.15, 0.2) is 0 Å². The first-order valence-corrected chi connectivity index (χ1v) is 8.78. The molecule has 5 nitrogen and oxygen atoms in total. The molecule has 0 saturated carbocycles. The van der Waals surface area contributed by atoms with Crippen LogP contribution in [0.4, 0.5) is 10.5 Å². The molecule has 1 aromatic carbocycles. The number of ether oxygens (including phenoxy) is 1. The van der Waals surface area contributed by atoms with Crippen molar-refractivity contribution in [2.24, 2.45) is 0 Å². The Balaban J connectivity index is 1.92. The summed E-state index contributed by atoms with van der Waals surface area (Å²) < 4.78 is 6.50. The van der Waals surface area contributed by atoms with E-state index in [0.29, 0.717) is 6.54 Å². The monoisotopic (exact) mass is 383 g/mol. The van der Waals surface area contributed by atoms with E-state index in [1.807, 2.05) is 37.8 Å². The molecule has 0 bridgehead atoms. The zero-order valence-corrected chi connectivity index (χ0v) is 15.7. The van der Waals surface area contributed by atoms with Gasteiger partial charge in [0.05, 0.1) is 0 Å². The van der Waals surface area contributed by atoms with Crippen molar-refractivity contribution < 1.29 is 9.53 Å². The summed E-state index contributed by atoms with van der Waals surface area (Å²) in [5.74, 6) is 0. The van der Waals surface area contributed by atoms with Crippen LogP contribution in [-0.4, -0.2) is 47.7 Å². The van der Waals surface area contributed by atoms with Gasteiger partial charge < -0.3 is 15.4 Å². The van der Waals surface area contributed by atoms with Crippen LogP contribution in [0.1, 0.15) is 32.8 Å². The standard InChI is InChI=1S/C17H26BrN3O2/c1-17(2,3)23-16(22)21-8-4-7-20(9-10-21)12-13-5-6-14(19)11-15(13)18/h5-6,11H,4,7-10,12,19H2,1-3H3. The quantitative estimate of drug-likeness (QED) is 0.794. The van der Waals surface area contributed by atoms with E-state index < -0.39 is 5.60 Å². The van der Waals surface area contributed by atoms with Crippen molar-refractivity contribution in [3.8, 4) is 0 Å². The molecule has 0 spiro atoms. The zero-order valence-electron chi connectivity index (χ0n) is 14.1. The van der Waals surface area contributed by atoms with Crippen molar-refractivity contribution in [2.75, 3.05) is 31.9 Å². The highest BCUT2D eigenvalue weighted by molar-refractivity contribution is 9.10. The summed E-state index contributed by atoms with van der Waals surface area (Å²) in [6.45, 7) is 9.79. The van der Waals surface area contributed by atoms with Crippen LogP contribution in [-0.2, 0) is 11.3 Å². The number of hydrogen-bond donors (Lipinski definition) is 1. The fourth-order valence-corrected chi connectivity index (χ4v) is 3.09. The summed E-state index contributed by atoms with van der Waals surface area (Å²) in [6.07, 6.45) is 0.735. The maximum atomic E-state index is 12.2. The number of anilines is 1. The average molecular weight is 384 g/mol. The molecule has 1 aromatic rings. The third-order valence-electron chi connectivity index (χ3n) is 3.71. The molecule has 23 heavy (non-hydrogen) atoms. The molecular weight excluding hydrogens is 358 g/mol. The van der Waals surface area contributed by atoms with Crippen LogP contribution in [0.15, 0.2) is 22.7 Å². The first-order valence-electron chi connectivity index (χ1n) is 7.99. The van der Waals surface area contributed by atoms with Gasteiger partial charge in [0.1, 0.15) is 5.60 Å². The largest absolute Gasteiger partial charge is 0.444 e. The second-order valence-corrected chi connectivity index (χ2v) is 7.80. The third-order valence-corrected chi connectivity index (χ3v) is 4.45. The highest BCUT2D eigenvalue weighted by Gasteiger charge is 2.24. The number of benzene rings is 1. The lowest BCUT2D eigenvalue weighted by molar-refractivity contribution is 0.0257. The molecule has 6 heteroatoms. The lowest BCUT2D eigenvalue weighted by Crippen LogP contribution is -2.39. The predicted molar refractivity (Wildman–Crippen MR) is 96.3 cm³/mol. The van der Waals surface area contributed by atoms with E-state index in [9.17, 15) is 4.79 Å². The Hall–Kier alpha value is -1.27. The minimum absolute atomic E-state index is 0.215. The van der Waals surface area contributed by atoms with Gasteiger partial charge in [-0.05, 0) is 44.9 Å². The summed E-state index contributed by atoms with van der Waals surface area (Å²) >= 11 is 3.57. The Bertz CT molecular complexity index is 557. The Kier molecular flexibility index (Phi) is 5.92. The SMILES string of the molecule is CC(C)(C)OC(=O)N1CCCN(Cc2ccc(N)cc2Br)CC1.